The Morgan fingerprint density at radius 2 is 1.45 bits per heavy atom. The summed E-state index contributed by atoms with van der Waals surface area (Å²) in [5, 5.41) is 0. The third-order valence-electron chi connectivity index (χ3n) is 7.50. The highest BCUT2D eigenvalue weighted by Crippen LogP contribution is 2.30. The van der Waals surface area contributed by atoms with E-state index in [1.165, 1.54) is 24.3 Å². The molecule has 1 aromatic heterocycles. The number of nitrogens with zero attached hydrogens (tertiary/aromatic N) is 4. The Hall–Kier alpha value is -3.36. The number of benzene rings is 2. The summed E-state index contributed by atoms with van der Waals surface area (Å²) in [5.41, 5.74) is 2.73. The zero-order valence-electron chi connectivity index (χ0n) is 21.6. The van der Waals surface area contributed by atoms with Crippen molar-refractivity contribution in [3.05, 3.63) is 95.2 Å². The monoisotopic (exact) mass is 520 g/mol. The highest BCUT2D eigenvalue weighted by atomic mass is 19.1. The number of amides is 1. The topological polar surface area (TPSA) is 48.9 Å². The van der Waals surface area contributed by atoms with Gasteiger partial charge in [-0.1, -0.05) is 24.3 Å². The summed E-state index contributed by atoms with van der Waals surface area (Å²) in [6, 6.07) is 16.9. The second-order valence-corrected chi connectivity index (χ2v) is 9.91. The van der Waals surface area contributed by atoms with Crippen LogP contribution in [0, 0.1) is 11.6 Å². The van der Waals surface area contributed by atoms with Crippen LogP contribution in [0.5, 0.6) is 0 Å². The van der Waals surface area contributed by atoms with E-state index in [4.69, 9.17) is 4.74 Å². The molecule has 2 fully saturated rings. The quantitative estimate of drug-likeness (QED) is 0.436. The number of hydrogen-bond acceptors (Lipinski definition) is 5. The lowest BCUT2D eigenvalue weighted by Crippen LogP contribution is -2.48. The van der Waals surface area contributed by atoms with E-state index in [1.807, 2.05) is 41.3 Å². The molecule has 2 aromatic carbocycles. The van der Waals surface area contributed by atoms with Gasteiger partial charge in [0.05, 0.1) is 18.8 Å². The fraction of sp³-hybridized carbons (Fsp3) is 0.400. The summed E-state index contributed by atoms with van der Waals surface area (Å²) < 4.78 is 32.5. The predicted octanol–water partition coefficient (Wildman–Crippen LogP) is 4.57. The van der Waals surface area contributed by atoms with Crippen LogP contribution in [0.15, 0.2) is 66.9 Å². The van der Waals surface area contributed by atoms with Crippen LogP contribution in [-0.4, -0.2) is 79.7 Å². The summed E-state index contributed by atoms with van der Waals surface area (Å²) in [6.45, 7) is 6.69. The first-order chi connectivity index (χ1) is 18.6. The van der Waals surface area contributed by atoms with Gasteiger partial charge in [-0.2, -0.15) is 0 Å². The number of ether oxygens (including phenoxy) is 1. The van der Waals surface area contributed by atoms with Crippen LogP contribution in [-0.2, 0) is 4.74 Å². The van der Waals surface area contributed by atoms with Crippen molar-refractivity contribution in [2.45, 2.75) is 18.8 Å². The maximum absolute atomic E-state index is 13.5. The summed E-state index contributed by atoms with van der Waals surface area (Å²) in [7, 11) is 0. The number of piperazine rings is 1. The summed E-state index contributed by atoms with van der Waals surface area (Å²) in [5.74, 6) is 0.349. The molecule has 0 spiro atoms. The molecule has 0 N–H and O–H groups in total. The first-order valence-corrected chi connectivity index (χ1v) is 13.4. The molecular formula is C30H34F2N4O2. The smallest absolute Gasteiger partial charge is 0.257 e. The minimum absolute atomic E-state index is 0.0199. The van der Waals surface area contributed by atoms with Crippen LogP contribution >= 0.6 is 0 Å². The van der Waals surface area contributed by atoms with E-state index in [-0.39, 0.29) is 23.5 Å². The van der Waals surface area contributed by atoms with Gasteiger partial charge >= 0.3 is 0 Å². The third-order valence-corrected chi connectivity index (χ3v) is 7.50. The minimum atomic E-state index is -0.257. The van der Waals surface area contributed by atoms with Gasteiger partial charge in [0.2, 0.25) is 0 Å². The molecule has 8 heteroatoms. The summed E-state index contributed by atoms with van der Waals surface area (Å²) in [4.78, 5) is 24.2. The van der Waals surface area contributed by atoms with E-state index in [9.17, 15) is 13.6 Å². The van der Waals surface area contributed by atoms with Crippen molar-refractivity contribution in [2.24, 2.45) is 0 Å². The Kier molecular flexibility index (Phi) is 8.61. The van der Waals surface area contributed by atoms with Crippen molar-refractivity contribution >= 4 is 11.7 Å². The van der Waals surface area contributed by atoms with E-state index < -0.39 is 0 Å². The second kappa shape index (κ2) is 12.5. The van der Waals surface area contributed by atoms with E-state index in [2.05, 4.69) is 14.8 Å². The second-order valence-electron chi connectivity index (χ2n) is 9.91. The lowest BCUT2D eigenvalue weighted by molar-refractivity contribution is 0.0303. The van der Waals surface area contributed by atoms with Gasteiger partial charge in [0.25, 0.3) is 5.91 Å². The van der Waals surface area contributed by atoms with E-state index in [0.29, 0.717) is 31.9 Å². The Morgan fingerprint density at radius 1 is 0.842 bits per heavy atom. The first kappa shape index (κ1) is 26.3. The van der Waals surface area contributed by atoms with Crippen molar-refractivity contribution in [3.63, 3.8) is 0 Å². The number of carbonyl (C=O) groups excluding carboxylic acids is 1. The Morgan fingerprint density at radius 3 is 2.05 bits per heavy atom. The van der Waals surface area contributed by atoms with Crippen LogP contribution in [0.1, 0.15) is 40.2 Å². The van der Waals surface area contributed by atoms with Crippen molar-refractivity contribution in [1.82, 2.24) is 14.8 Å². The average molecular weight is 521 g/mol. The van der Waals surface area contributed by atoms with Gasteiger partial charge in [0.1, 0.15) is 17.5 Å². The molecule has 5 rings (SSSR count). The molecular weight excluding hydrogens is 486 g/mol. The number of morpholine rings is 1. The number of rotatable bonds is 8. The number of halogens is 2. The number of carbonyl (C=O) groups is 1. The van der Waals surface area contributed by atoms with Crippen molar-refractivity contribution in [3.8, 4) is 0 Å². The molecule has 0 unspecified atom stereocenters. The van der Waals surface area contributed by atoms with Crippen molar-refractivity contribution in [1.29, 1.82) is 0 Å². The van der Waals surface area contributed by atoms with Crippen LogP contribution in [0.2, 0.25) is 0 Å². The van der Waals surface area contributed by atoms with Gasteiger partial charge in [-0.3, -0.25) is 9.69 Å². The van der Waals surface area contributed by atoms with Gasteiger partial charge in [0, 0.05) is 51.4 Å². The Labute approximate surface area is 222 Å². The van der Waals surface area contributed by atoms with E-state index >= 15 is 0 Å². The lowest BCUT2D eigenvalue weighted by Gasteiger charge is -2.36. The summed E-state index contributed by atoms with van der Waals surface area (Å²) in [6.07, 6.45) is 3.60. The highest BCUT2D eigenvalue weighted by molar-refractivity contribution is 5.99. The Bertz CT molecular complexity index is 1150. The molecule has 2 saturated heterocycles. The number of aromatic nitrogens is 1. The molecule has 0 saturated carbocycles. The van der Waals surface area contributed by atoms with Crippen LogP contribution in [0.25, 0.3) is 0 Å². The third kappa shape index (κ3) is 6.37. The molecule has 0 radical (unpaired) electrons. The van der Waals surface area contributed by atoms with Gasteiger partial charge < -0.3 is 14.5 Å². The highest BCUT2D eigenvalue weighted by Gasteiger charge is 2.26. The number of pyridine rings is 1. The largest absolute Gasteiger partial charge is 0.378 e. The number of anilines is 1. The standard InChI is InChI=1S/C30H34F2N4O2/c31-25-9-5-23(6-10-25)27(24-7-11-26(32)12-8-24)4-2-14-34-15-17-35(18-16-34)29-28(3-1-13-33-29)30(37)36-19-21-38-22-20-36/h1,3,5-13,27H,2,4,14-22H2. The first-order valence-electron chi connectivity index (χ1n) is 13.4. The molecule has 38 heavy (non-hydrogen) atoms. The van der Waals surface area contributed by atoms with E-state index in [1.54, 1.807) is 6.20 Å². The van der Waals surface area contributed by atoms with Gasteiger partial charge in [-0.25, -0.2) is 13.8 Å². The van der Waals surface area contributed by atoms with Gasteiger partial charge in [-0.15, -0.1) is 0 Å². The number of hydrogen-bond donors (Lipinski definition) is 0. The van der Waals surface area contributed by atoms with Gasteiger partial charge in [0.15, 0.2) is 0 Å². The molecule has 0 atom stereocenters. The maximum Gasteiger partial charge on any atom is 0.257 e. The fourth-order valence-electron chi connectivity index (χ4n) is 5.37. The summed E-state index contributed by atoms with van der Waals surface area (Å²) >= 11 is 0. The van der Waals surface area contributed by atoms with Crippen molar-refractivity contribution < 1.29 is 18.3 Å². The van der Waals surface area contributed by atoms with Crippen LogP contribution in [0.4, 0.5) is 14.6 Å². The lowest BCUT2D eigenvalue weighted by atomic mass is 9.87. The molecule has 3 aromatic rings. The van der Waals surface area contributed by atoms with Crippen molar-refractivity contribution in [2.75, 3.05) is 63.9 Å². The molecule has 2 aliphatic rings. The molecule has 2 aliphatic heterocycles. The van der Waals surface area contributed by atoms with E-state index in [0.717, 1.165) is 62.5 Å². The molecule has 0 bridgehead atoms. The molecule has 6 nitrogen and oxygen atoms in total. The normalized spacial score (nSPS) is 16.7. The Balaban J connectivity index is 1.17. The molecule has 3 heterocycles. The average Bonchev–Trinajstić information content (AvgIpc) is 2.97. The van der Waals surface area contributed by atoms with Crippen LogP contribution in [0.3, 0.4) is 0 Å². The molecule has 200 valence electrons. The fourth-order valence-corrected chi connectivity index (χ4v) is 5.37. The maximum atomic E-state index is 13.5. The molecule has 0 aliphatic carbocycles. The van der Waals surface area contributed by atoms with Gasteiger partial charge in [-0.05, 0) is 66.9 Å². The van der Waals surface area contributed by atoms with Crippen LogP contribution < -0.4 is 4.90 Å². The predicted molar refractivity (Wildman–Crippen MR) is 143 cm³/mol. The zero-order chi connectivity index (χ0) is 26.3. The minimum Gasteiger partial charge on any atom is -0.378 e. The zero-order valence-corrected chi connectivity index (χ0v) is 21.6. The SMILES string of the molecule is O=C(c1cccnc1N1CCN(CCCC(c2ccc(F)cc2)c2ccc(F)cc2)CC1)N1CCOCC1. The molecule has 1 amide bonds.